The number of amides is 1. The van der Waals surface area contributed by atoms with E-state index in [2.05, 4.69) is 16.6 Å². The first-order valence-corrected chi connectivity index (χ1v) is 10.1. The number of rotatable bonds is 7. The van der Waals surface area contributed by atoms with Crippen LogP contribution in [0.5, 0.6) is 5.75 Å². The van der Waals surface area contributed by atoms with E-state index in [1.807, 2.05) is 12.1 Å². The second-order valence-corrected chi connectivity index (χ2v) is 7.25. The first-order valence-electron chi connectivity index (χ1n) is 10.1. The Bertz CT molecular complexity index is 1130. The zero-order chi connectivity index (χ0) is 21.6. The summed E-state index contributed by atoms with van der Waals surface area (Å²) >= 11 is 0. The van der Waals surface area contributed by atoms with Crippen molar-refractivity contribution in [1.29, 1.82) is 0 Å². The summed E-state index contributed by atoms with van der Waals surface area (Å²) in [6, 6.07) is 15.6. The van der Waals surface area contributed by atoms with E-state index in [-0.39, 0.29) is 12.2 Å². The monoisotopic (exact) mass is 417 g/mol. The summed E-state index contributed by atoms with van der Waals surface area (Å²) in [6.07, 6.45) is 5.87. The fourth-order valence-corrected chi connectivity index (χ4v) is 3.59. The summed E-state index contributed by atoms with van der Waals surface area (Å²) in [6.45, 7) is -0.154. The van der Waals surface area contributed by atoms with E-state index >= 15 is 0 Å². The highest BCUT2D eigenvalue weighted by Crippen LogP contribution is 2.26. The number of aromatic carboxylic acids is 1. The number of carbonyl (C=O) groups is 2. The van der Waals surface area contributed by atoms with E-state index in [1.54, 1.807) is 30.3 Å². The Morgan fingerprint density at radius 2 is 1.87 bits per heavy atom. The maximum Gasteiger partial charge on any atom is 0.277 e. The number of furan rings is 1. The number of fused-ring (bicyclic) bond motifs is 1. The van der Waals surface area contributed by atoms with Gasteiger partial charge in [-0.1, -0.05) is 30.3 Å². The van der Waals surface area contributed by atoms with E-state index in [0.717, 1.165) is 12.8 Å². The molecule has 1 amide bonds. The molecule has 7 heteroatoms. The summed E-state index contributed by atoms with van der Waals surface area (Å²) in [5.74, 6) is -0.291. The maximum atomic E-state index is 12.0. The first kappa shape index (κ1) is 20.4. The molecule has 0 spiro atoms. The molecular weight excluding hydrogens is 396 g/mol. The molecule has 0 saturated heterocycles. The Labute approximate surface area is 179 Å². The maximum absolute atomic E-state index is 12.0. The van der Waals surface area contributed by atoms with Crippen LogP contribution in [0.4, 0.5) is 0 Å². The number of nitrogens with zero attached hydrogens (tertiary/aromatic N) is 1. The topological polar surface area (TPSA) is 104 Å². The van der Waals surface area contributed by atoms with Crippen molar-refractivity contribution in [3.8, 4) is 17.1 Å². The zero-order valence-corrected chi connectivity index (χ0v) is 16.8. The average Bonchev–Trinajstić information content (AvgIpc) is 3.26. The van der Waals surface area contributed by atoms with E-state index in [1.165, 1.54) is 36.2 Å². The number of carbonyl (C=O) groups excluding carboxylic acids is 2. The normalized spacial score (nSPS) is 13.0. The molecule has 0 unspecified atom stereocenters. The van der Waals surface area contributed by atoms with E-state index in [0.29, 0.717) is 22.8 Å². The number of aryl methyl sites for hydroxylation is 2. The molecule has 0 fully saturated rings. The van der Waals surface area contributed by atoms with Crippen molar-refractivity contribution < 1.29 is 23.8 Å². The number of ether oxygens (including phenoxy) is 1. The van der Waals surface area contributed by atoms with Crippen LogP contribution in [0.2, 0.25) is 0 Å². The molecule has 0 radical (unpaired) electrons. The predicted molar refractivity (Wildman–Crippen MR) is 113 cm³/mol. The number of hydrazone groups is 1. The second kappa shape index (κ2) is 9.30. The minimum absolute atomic E-state index is 0.0352. The molecule has 0 atom stereocenters. The summed E-state index contributed by atoms with van der Waals surface area (Å²) in [5.41, 5.74) is 5.47. The molecule has 1 aliphatic rings. The van der Waals surface area contributed by atoms with Crippen LogP contribution in [-0.4, -0.2) is 24.7 Å². The quantitative estimate of drug-likeness (QED) is 0.470. The van der Waals surface area contributed by atoms with Crippen LogP contribution in [0.1, 0.15) is 40.1 Å². The van der Waals surface area contributed by atoms with Gasteiger partial charge in [0.05, 0.1) is 12.2 Å². The molecule has 0 bridgehead atoms. The summed E-state index contributed by atoms with van der Waals surface area (Å²) in [7, 11) is 0. The molecule has 7 nitrogen and oxygen atoms in total. The standard InChI is InChI=1S/C24H22N2O5/c27-23(15-30-18-10-9-16-5-1-2-6-17(16)13-18)26-25-14-19-11-12-22(31-19)20-7-3-4-8-21(20)24(28)29/h3-4,7-14H,1-2,5-6,15H2,(H,26,27)(H,28,29)/p-1/b25-14-. The minimum Gasteiger partial charge on any atom is -0.545 e. The van der Waals surface area contributed by atoms with Gasteiger partial charge in [-0.15, -0.1) is 0 Å². The average molecular weight is 417 g/mol. The lowest BCUT2D eigenvalue weighted by Crippen LogP contribution is -2.24. The van der Waals surface area contributed by atoms with Gasteiger partial charge in [0, 0.05) is 11.1 Å². The van der Waals surface area contributed by atoms with Gasteiger partial charge >= 0.3 is 0 Å². The number of benzene rings is 2. The lowest BCUT2D eigenvalue weighted by atomic mass is 9.92. The van der Waals surface area contributed by atoms with E-state index in [9.17, 15) is 14.7 Å². The summed E-state index contributed by atoms with van der Waals surface area (Å²) < 4.78 is 11.2. The van der Waals surface area contributed by atoms with Crippen LogP contribution in [0.25, 0.3) is 11.3 Å². The van der Waals surface area contributed by atoms with Gasteiger partial charge in [0.1, 0.15) is 17.3 Å². The molecule has 0 aliphatic heterocycles. The highest BCUT2D eigenvalue weighted by atomic mass is 16.5. The van der Waals surface area contributed by atoms with Crippen molar-refractivity contribution in [2.75, 3.05) is 6.61 Å². The second-order valence-electron chi connectivity index (χ2n) is 7.25. The molecule has 1 N–H and O–H groups in total. The molecule has 2 aromatic carbocycles. The Balaban J connectivity index is 1.31. The molecule has 1 aliphatic carbocycles. The third-order valence-electron chi connectivity index (χ3n) is 5.11. The first-order chi connectivity index (χ1) is 15.1. The van der Waals surface area contributed by atoms with Gasteiger partial charge in [0.15, 0.2) is 6.61 Å². The number of hydrogen-bond donors (Lipinski definition) is 1. The highest BCUT2D eigenvalue weighted by molar-refractivity contribution is 5.94. The van der Waals surface area contributed by atoms with Crippen molar-refractivity contribution in [3.05, 3.63) is 77.0 Å². The van der Waals surface area contributed by atoms with Crippen LogP contribution in [0.3, 0.4) is 0 Å². The van der Waals surface area contributed by atoms with E-state index < -0.39 is 11.9 Å². The Morgan fingerprint density at radius 1 is 1.06 bits per heavy atom. The lowest BCUT2D eigenvalue weighted by Gasteiger charge is -2.16. The molecule has 31 heavy (non-hydrogen) atoms. The van der Waals surface area contributed by atoms with Crippen molar-refractivity contribution >= 4 is 18.1 Å². The van der Waals surface area contributed by atoms with Crippen LogP contribution >= 0.6 is 0 Å². The molecular formula is C24H21N2O5-. The van der Waals surface area contributed by atoms with Crippen molar-refractivity contribution in [2.45, 2.75) is 25.7 Å². The number of nitrogens with one attached hydrogen (secondary N) is 1. The van der Waals surface area contributed by atoms with Crippen molar-refractivity contribution in [1.82, 2.24) is 5.43 Å². The molecule has 0 saturated carbocycles. The van der Waals surface area contributed by atoms with Crippen LogP contribution in [-0.2, 0) is 17.6 Å². The fraction of sp³-hybridized carbons (Fsp3) is 0.208. The van der Waals surface area contributed by atoms with Gasteiger partial charge in [-0.05, 0) is 61.1 Å². The molecule has 1 heterocycles. The van der Waals surface area contributed by atoms with Crippen LogP contribution in [0, 0.1) is 0 Å². The van der Waals surface area contributed by atoms with Gasteiger partial charge < -0.3 is 19.1 Å². The number of carboxylic acid groups (broad SMARTS) is 1. The van der Waals surface area contributed by atoms with Gasteiger partial charge in [0.2, 0.25) is 0 Å². The van der Waals surface area contributed by atoms with Gasteiger partial charge in [-0.2, -0.15) is 5.10 Å². The fourth-order valence-electron chi connectivity index (χ4n) is 3.59. The molecule has 4 rings (SSSR count). The Hall–Kier alpha value is -3.87. The van der Waals surface area contributed by atoms with Crippen LogP contribution in [0.15, 0.2) is 64.1 Å². The molecule has 3 aromatic rings. The van der Waals surface area contributed by atoms with E-state index in [4.69, 9.17) is 9.15 Å². The Kier molecular flexibility index (Phi) is 6.12. The Morgan fingerprint density at radius 3 is 2.71 bits per heavy atom. The number of hydrogen-bond acceptors (Lipinski definition) is 6. The number of carboxylic acids is 1. The van der Waals surface area contributed by atoms with Gasteiger partial charge in [0.25, 0.3) is 5.91 Å². The third kappa shape index (κ3) is 5.01. The molecule has 1 aromatic heterocycles. The minimum atomic E-state index is -1.28. The predicted octanol–water partition coefficient (Wildman–Crippen LogP) is 2.72. The van der Waals surface area contributed by atoms with Crippen molar-refractivity contribution in [2.24, 2.45) is 5.10 Å². The summed E-state index contributed by atoms with van der Waals surface area (Å²) in [4.78, 5) is 23.2. The van der Waals surface area contributed by atoms with Crippen LogP contribution < -0.4 is 15.3 Å². The smallest absolute Gasteiger partial charge is 0.277 e. The third-order valence-corrected chi connectivity index (χ3v) is 5.11. The van der Waals surface area contributed by atoms with Gasteiger partial charge in [-0.3, -0.25) is 4.79 Å². The van der Waals surface area contributed by atoms with Crippen molar-refractivity contribution in [3.63, 3.8) is 0 Å². The van der Waals surface area contributed by atoms with Gasteiger partial charge in [-0.25, -0.2) is 5.43 Å². The lowest BCUT2D eigenvalue weighted by molar-refractivity contribution is -0.254. The summed E-state index contributed by atoms with van der Waals surface area (Å²) in [5, 5.41) is 15.1. The largest absolute Gasteiger partial charge is 0.545 e. The highest BCUT2D eigenvalue weighted by Gasteiger charge is 2.11. The zero-order valence-electron chi connectivity index (χ0n) is 16.8. The molecule has 158 valence electrons. The SMILES string of the molecule is O=C(COc1ccc2c(c1)CCCC2)N/N=C\c1ccc(-c2ccccc2C(=O)[O-])o1.